The van der Waals surface area contributed by atoms with Crippen LogP contribution in [0.1, 0.15) is 43.3 Å². The van der Waals surface area contributed by atoms with Crippen molar-refractivity contribution in [2.75, 3.05) is 25.5 Å². The third-order valence-electron chi connectivity index (χ3n) is 5.50. The molecule has 1 fully saturated rings. The van der Waals surface area contributed by atoms with Gasteiger partial charge in [-0.25, -0.2) is 23.5 Å². The number of sulfonamides is 1. The molecule has 0 spiro atoms. The number of nitrogens with zero attached hydrogens (tertiary/aromatic N) is 3. The molecule has 33 heavy (non-hydrogen) atoms. The van der Waals surface area contributed by atoms with E-state index >= 15 is 0 Å². The average molecular weight is 508 g/mol. The minimum absolute atomic E-state index is 0.0129. The van der Waals surface area contributed by atoms with Crippen LogP contribution >= 0.6 is 22.7 Å². The molecular formula is C22H29N5O3S3. The maximum atomic E-state index is 11.8. The fourth-order valence-corrected chi connectivity index (χ4v) is 6.30. The van der Waals surface area contributed by atoms with Crippen molar-refractivity contribution < 1.29 is 13.2 Å². The van der Waals surface area contributed by atoms with Gasteiger partial charge in [0.25, 0.3) is 0 Å². The Bertz CT molecular complexity index is 1230. The first kappa shape index (κ1) is 24.1. The van der Waals surface area contributed by atoms with Crippen molar-refractivity contribution in [3.05, 3.63) is 34.3 Å². The maximum absolute atomic E-state index is 11.8. The lowest BCUT2D eigenvalue weighted by molar-refractivity contribution is 0.243. The minimum Gasteiger partial charge on any atom is -0.489 e. The zero-order valence-corrected chi connectivity index (χ0v) is 21.6. The molecule has 4 rings (SSSR count). The summed E-state index contributed by atoms with van der Waals surface area (Å²) in [6, 6.07) is 4.53. The molecule has 0 saturated carbocycles. The van der Waals surface area contributed by atoms with Gasteiger partial charge in [0, 0.05) is 11.3 Å². The third-order valence-corrected chi connectivity index (χ3v) is 8.51. The first-order valence-corrected chi connectivity index (χ1v) is 14.1. The van der Waals surface area contributed by atoms with Crippen LogP contribution in [-0.2, 0) is 10.0 Å². The van der Waals surface area contributed by atoms with Crippen LogP contribution in [0.2, 0.25) is 0 Å². The summed E-state index contributed by atoms with van der Waals surface area (Å²) in [7, 11) is -1.68. The molecule has 1 aliphatic rings. The highest BCUT2D eigenvalue weighted by Gasteiger charge is 2.23. The zero-order valence-electron chi connectivity index (χ0n) is 19.2. The average Bonchev–Trinajstić information content (AvgIpc) is 3.35. The number of likely N-dealkylation sites (tertiary alicyclic amines) is 1. The minimum atomic E-state index is -3.84. The van der Waals surface area contributed by atoms with E-state index in [-0.39, 0.29) is 11.0 Å². The number of rotatable bonds is 7. The van der Waals surface area contributed by atoms with E-state index in [0.29, 0.717) is 22.5 Å². The monoisotopic (exact) mass is 507 g/mol. The summed E-state index contributed by atoms with van der Waals surface area (Å²) >= 11 is 3.17. The van der Waals surface area contributed by atoms with Gasteiger partial charge in [0.2, 0.25) is 10.0 Å². The second kappa shape index (κ2) is 9.67. The van der Waals surface area contributed by atoms with E-state index in [9.17, 15) is 8.42 Å². The Kier molecular flexibility index (Phi) is 7.06. The molecule has 3 heterocycles. The molecule has 0 amide bonds. The fraction of sp³-hybridized carbons (Fsp3) is 0.455. The Hall–Kier alpha value is -2.05. The predicted octanol–water partition coefficient (Wildman–Crippen LogP) is 4.56. The largest absolute Gasteiger partial charge is 0.489 e. The van der Waals surface area contributed by atoms with Crippen LogP contribution in [0.3, 0.4) is 0 Å². The summed E-state index contributed by atoms with van der Waals surface area (Å²) in [5, 5.41) is 12.4. The molecule has 2 aromatic heterocycles. The van der Waals surface area contributed by atoms with Gasteiger partial charge in [-0.05, 0) is 71.9 Å². The summed E-state index contributed by atoms with van der Waals surface area (Å²) in [6.45, 7) is 8.05. The Balaban J connectivity index is 1.58. The Morgan fingerprint density at radius 3 is 2.64 bits per heavy atom. The van der Waals surface area contributed by atoms with Crippen molar-refractivity contribution in [3.8, 4) is 16.3 Å². The van der Waals surface area contributed by atoms with Gasteiger partial charge in [-0.2, -0.15) is 0 Å². The van der Waals surface area contributed by atoms with E-state index in [0.717, 1.165) is 42.2 Å². The lowest BCUT2D eigenvalue weighted by atomic mass is 9.98. The molecule has 1 aromatic carbocycles. The van der Waals surface area contributed by atoms with Gasteiger partial charge in [0.05, 0.1) is 38.0 Å². The summed E-state index contributed by atoms with van der Waals surface area (Å²) in [5.74, 6) is 1.04. The number of nitrogens with two attached hydrogens (primary N) is 1. The first-order valence-electron chi connectivity index (χ1n) is 10.8. The molecule has 0 bridgehead atoms. The molecule has 1 saturated heterocycles. The normalized spacial score (nSPS) is 15.8. The summed E-state index contributed by atoms with van der Waals surface area (Å²) in [4.78, 5) is 13.1. The van der Waals surface area contributed by atoms with E-state index in [1.807, 2.05) is 26.2 Å². The zero-order chi connectivity index (χ0) is 23.8. The number of hydrogen-bond donors (Lipinski definition) is 2. The summed E-state index contributed by atoms with van der Waals surface area (Å²) in [5.41, 5.74) is 2.36. The fourth-order valence-electron chi connectivity index (χ4n) is 3.78. The molecule has 178 valence electrons. The van der Waals surface area contributed by atoms with E-state index in [2.05, 4.69) is 17.3 Å². The SMILES string of the molecule is Cc1nc(C2CCN(C)CC2)sc1-c1csc(Nc2cc(S(N)(=O)=O)ccc2OC(C)C)n1. The summed E-state index contributed by atoms with van der Waals surface area (Å²) in [6.07, 6.45) is 2.19. The van der Waals surface area contributed by atoms with Crippen LogP contribution < -0.4 is 15.2 Å². The third kappa shape index (κ3) is 5.72. The van der Waals surface area contributed by atoms with E-state index in [4.69, 9.17) is 19.8 Å². The maximum Gasteiger partial charge on any atom is 0.238 e. The Morgan fingerprint density at radius 2 is 1.97 bits per heavy atom. The number of hydrogen-bond acceptors (Lipinski definition) is 9. The van der Waals surface area contributed by atoms with Gasteiger partial charge in [-0.15, -0.1) is 22.7 Å². The van der Waals surface area contributed by atoms with Crippen molar-refractivity contribution in [1.82, 2.24) is 14.9 Å². The van der Waals surface area contributed by atoms with Crippen molar-refractivity contribution in [2.45, 2.75) is 50.5 Å². The van der Waals surface area contributed by atoms with Crippen LogP contribution in [-0.4, -0.2) is 49.5 Å². The van der Waals surface area contributed by atoms with Gasteiger partial charge < -0.3 is 15.0 Å². The molecule has 8 nitrogen and oxygen atoms in total. The van der Waals surface area contributed by atoms with Gasteiger partial charge in [-0.3, -0.25) is 0 Å². The molecular weight excluding hydrogens is 478 g/mol. The molecule has 11 heteroatoms. The van der Waals surface area contributed by atoms with Crippen LogP contribution in [0.4, 0.5) is 10.8 Å². The highest BCUT2D eigenvalue weighted by Crippen LogP contribution is 2.39. The van der Waals surface area contributed by atoms with Gasteiger partial charge in [0.15, 0.2) is 5.13 Å². The standard InChI is InChI=1S/C22H29N5O3S3/c1-13(2)30-19-6-5-16(33(23,28)29)11-17(19)25-22-26-18(12-31-22)20-14(3)24-21(32-20)15-7-9-27(4)10-8-15/h5-6,11-13,15H,7-10H2,1-4H3,(H,25,26)(H2,23,28,29). The Morgan fingerprint density at radius 1 is 1.24 bits per heavy atom. The molecule has 0 unspecified atom stereocenters. The van der Waals surface area contributed by atoms with Gasteiger partial charge in [-0.1, -0.05) is 0 Å². The van der Waals surface area contributed by atoms with Gasteiger partial charge >= 0.3 is 0 Å². The van der Waals surface area contributed by atoms with Crippen LogP contribution in [0.25, 0.3) is 10.6 Å². The van der Waals surface area contributed by atoms with Crippen molar-refractivity contribution in [3.63, 3.8) is 0 Å². The smallest absolute Gasteiger partial charge is 0.238 e. The van der Waals surface area contributed by atoms with Crippen LogP contribution in [0.5, 0.6) is 5.75 Å². The quantitative estimate of drug-likeness (QED) is 0.482. The van der Waals surface area contributed by atoms with Crippen LogP contribution in [0, 0.1) is 6.92 Å². The highest BCUT2D eigenvalue weighted by molar-refractivity contribution is 7.89. The Labute approximate surface area is 202 Å². The number of thiazole rings is 2. The highest BCUT2D eigenvalue weighted by atomic mass is 32.2. The number of primary sulfonamides is 1. The first-order chi connectivity index (χ1) is 15.6. The number of piperidine rings is 1. The van der Waals surface area contributed by atoms with Crippen molar-refractivity contribution in [2.24, 2.45) is 5.14 Å². The molecule has 1 aliphatic heterocycles. The second-order valence-corrected chi connectivity index (χ2v) is 12.0. The number of ether oxygens (including phenoxy) is 1. The molecule has 3 N–H and O–H groups in total. The second-order valence-electron chi connectivity index (χ2n) is 8.58. The predicted molar refractivity (Wildman–Crippen MR) is 134 cm³/mol. The van der Waals surface area contributed by atoms with Crippen molar-refractivity contribution >= 4 is 43.5 Å². The number of aryl methyl sites for hydroxylation is 1. The van der Waals surface area contributed by atoms with Crippen molar-refractivity contribution in [1.29, 1.82) is 0 Å². The number of aromatic nitrogens is 2. The van der Waals surface area contributed by atoms with E-state index in [1.54, 1.807) is 17.4 Å². The topological polar surface area (TPSA) is 110 Å². The van der Waals surface area contributed by atoms with E-state index < -0.39 is 10.0 Å². The van der Waals surface area contributed by atoms with Gasteiger partial charge in [0.1, 0.15) is 5.75 Å². The molecule has 0 aliphatic carbocycles. The number of anilines is 2. The number of nitrogens with one attached hydrogen (secondary N) is 1. The molecule has 0 atom stereocenters. The lowest BCUT2D eigenvalue weighted by Gasteiger charge is -2.27. The molecule has 0 radical (unpaired) electrons. The van der Waals surface area contributed by atoms with Crippen LogP contribution in [0.15, 0.2) is 28.5 Å². The van der Waals surface area contributed by atoms with E-state index in [1.165, 1.54) is 28.5 Å². The molecule has 3 aromatic rings. The number of benzene rings is 1. The lowest BCUT2D eigenvalue weighted by Crippen LogP contribution is -2.29. The summed E-state index contributed by atoms with van der Waals surface area (Å²) < 4.78 is 29.5.